The van der Waals surface area contributed by atoms with Crippen LogP contribution in [0, 0.1) is 11.8 Å². The lowest BCUT2D eigenvalue weighted by Crippen LogP contribution is -2.18. The molecule has 1 N–H and O–H groups in total. The van der Waals surface area contributed by atoms with Crippen LogP contribution in [0.3, 0.4) is 0 Å². The molecule has 0 aliphatic carbocycles. The number of aliphatic hydroxyl groups is 1. The van der Waals surface area contributed by atoms with E-state index in [-0.39, 0.29) is 12.7 Å². The standard InChI is InChI=1S/C14H18O4/c1-11(10-16-2)18-14-7-6-13(17-3)9-12(14)5-4-8-15/h6-7,9,11,15H,8,10H2,1-3H3. The summed E-state index contributed by atoms with van der Waals surface area (Å²) in [6.45, 7) is 2.22. The van der Waals surface area contributed by atoms with Crippen molar-refractivity contribution in [2.24, 2.45) is 0 Å². The first-order valence-corrected chi connectivity index (χ1v) is 5.64. The van der Waals surface area contributed by atoms with Gasteiger partial charge in [-0.25, -0.2) is 0 Å². The third-order valence-corrected chi connectivity index (χ3v) is 2.22. The van der Waals surface area contributed by atoms with E-state index in [4.69, 9.17) is 19.3 Å². The first-order chi connectivity index (χ1) is 8.71. The topological polar surface area (TPSA) is 47.9 Å². The van der Waals surface area contributed by atoms with E-state index >= 15 is 0 Å². The van der Waals surface area contributed by atoms with Gasteiger partial charge in [0.05, 0.1) is 19.3 Å². The molecular weight excluding hydrogens is 232 g/mol. The highest BCUT2D eigenvalue weighted by Crippen LogP contribution is 2.24. The van der Waals surface area contributed by atoms with E-state index in [1.165, 1.54) is 0 Å². The van der Waals surface area contributed by atoms with Gasteiger partial charge >= 0.3 is 0 Å². The zero-order valence-electron chi connectivity index (χ0n) is 10.9. The van der Waals surface area contributed by atoms with E-state index in [0.717, 1.165) is 0 Å². The second-order valence-corrected chi connectivity index (χ2v) is 3.71. The second-order valence-electron chi connectivity index (χ2n) is 3.71. The zero-order valence-corrected chi connectivity index (χ0v) is 10.9. The van der Waals surface area contributed by atoms with Crippen LogP contribution < -0.4 is 9.47 Å². The lowest BCUT2D eigenvalue weighted by atomic mass is 10.2. The van der Waals surface area contributed by atoms with Gasteiger partial charge in [0.25, 0.3) is 0 Å². The largest absolute Gasteiger partial charge is 0.497 e. The zero-order chi connectivity index (χ0) is 13.4. The molecule has 1 aromatic carbocycles. The summed E-state index contributed by atoms with van der Waals surface area (Å²) in [6.07, 6.45) is -0.0712. The minimum Gasteiger partial charge on any atom is -0.497 e. The molecule has 0 aromatic heterocycles. The van der Waals surface area contributed by atoms with Crippen molar-refractivity contribution in [1.82, 2.24) is 0 Å². The van der Waals surface area contributed by atoms with Gasteiger partial charge in [-0.05, 0) is 25.1 Å². The number of rotatable bonds is 5. The SMILES string of the molecule is COCC(C)Oc1ccc(OC)cc1C#CCO. The van der Waals surface area contributed by atoms with Crippen LogP contribution in [0.4, 0.5) is 0 Å². The van der Waals surface area contributed by atoms with Crippen LogP contribution in [-0.2, 0) is 4.74 Å². The molecule has 98 valence electrons. The van der Waals surface area contributed by atoms with E-state index in [9.17, 15) is 0 Å². The number of hydrogen-bond acceptors (Lipinski definition) is 4. The molecule has 4 nitrogen and oxygen atoms in total. The van der Waals surface area contributed by atoms with Crippen molar-refractivity contribution < 1.29 is 19.3 Å². The third-order valence-electron chi connectivity index (χ3n) is 2.22. The Balaban J connectivity index is 2.94. The van der Waals surface area contributed by atoms with Crippen molar-refractivity contribution in [3.63, 3.8) is 0 Å². The highest BCUT2D eigenvalue weighted by molar-refractivity contribution is 5.50. The Hall–Kier alpha value is -1.70. The molecule has 0 saturated heterocycles. The molecule has 0 saturated carbocycles. The molecule has 0 aliphatic rings. The lowest BCUT2D eigenvalue weighted by molar-refractivity contribution is 0.0918. The average molecular weight is 250 g/mol. The number of benzene rings is 1. The Labute approximate surface area is 107 Å². The first kappa shape index (κ1) is 14.4. The molecule has 0 spiro atoms. The summed E-state index contributed by atoms with van der Waals surface area (Å²) in [5, 5.41) is 8.75. The Kier molecular flexibility index (Phi) is 6.06. The molecule has 1 aromatic rings. The summed E-state index contributed by atoms with van der Waals surface area (Å²) in [5.41, 5.74) is 0.686. The fourth-order valence-electron chi connectivity index (χ4n) is 1.46. The molecule has 0 aliphatic heterocycles. The fraction of sp³-hybridized carbons (Fsp3) is 0.429. The minimum atomic E-state index is -0.190. The summed E-state index contributed by atoms with van der Waals surface area (Å²) in [7, 11) is 3.22. The second kappa shape index (κ2) is 7.59. The Morgan fingerprint density at radius 1 is 1.33 bits per heavy atom. The molecular formula is C14H18O4. The van der Waals surface area contributed by atoms with Crippen LogP contribution in [0.2, 0.25) is 0 Å². The van der Waals surface area contributed by atoms with Crippen molar-refractivity contribution >= 4 is 0 Å². The maximum atomic E-state index is 8.75. The molecule has 0 heterocycles. The molecule has 0 amide bonds. The van der Waals surface area contributed by atoms with Crippen molar-refractivity contribution in [2.45, 2.75) is 13.0 Å². The van der Waals surface area contributed by atoms with Gasteiger partial charge in [-0.15, -0.1) is 0 Å². The lowest BCUT2D eigenvalue weighted by Gasteiger charge is -2.15. The van der Waals surface area contributed by atoms with Gasteiger partial charge in [0.1, 0.15) is 24.2 Å². The van der Waals surface area contributed by atoms with Crippen LogP contribution in [0.15, 0.2) is 18.2 Å². The predicted molar refractivity (Wildman–Crippen MR) is 68.9 cm³/mol. The number of aliphatic hydroxyl groups excluding tert-OH is 1. The maximum absolute atomic E-state index is 8.75. The number of hydrogen-bond donors (Lipinski definition) is 1. The number of ether oxygens (including phenoxy) is 3. The van der Waals surface area contributed by atoms with Gasteiger partial charge < -0.3 is 19.3 Å². The van der Waals surface area contributed by atoms with E-state index in [1.54, 1.807) is 32.4 Å². The van der Waals surface area contributed by atoms with E-state index in [1.807, 2.05) is 6.92 Å². The molecule has 4 heteroatoms. The van der Waals surface area contributed by atoms with Crippen LogP contribution in [-0.4, -0.2) is 38.6 Å². The van der Waals surface area contributed by atoms with Gasteiger partial charge in [0.2, 0.25) is 0 Å². The molecule has 1 rings (SSSR count). The van der Waals surface area contributed by atoms with Gasteiger partial charge in [-0.3, -0.25) is 0 Å². The highest BCUT2D eigenvalue weighted by Gasteiger charge is 2.08. The van der Waals surface area contributed by atoms with Crippen LogP contribution >= 0.6 is 0 Å². The summed E-state index contributed by atoms with van der Waals surface area (Å²) in [6, 6.07) is 5.38. The molecule has 0 radical (unpaired) electrons. The molecule has 0 fully saturated rings. The smallest absolute Gasteiger partial charge is 0.135 e. The van der Waals surface area contributed by atoms with E-state index in [2.05, 4.69) is 11.8 Å². The Bertz CT molecular complexity index is 431. The van der Waals surface area contributed by atoms with Crippen molar-refractivity contribution in [3.05, 3.63) is 23.8 Å². The van der Waals surface area contributed by atoms with Crippen molar-refractivity contribution in [2.75, 3.05) is 27.4 Å². The van der Waals surface area contributed by atoms with Crippen molar-refractivity contribution in [3.8, 4) is 23.3 Å². The van der Waals surface area contributed by atoms with Gasteiger partial charge in [-0.1, -0.05) is 11.8 Å². The molecule has 0 bridgehead atoms. The van der Waals surface area contributed by atoms with Gasteiger partial charge in [0, 0.05) is 7.11 Å². The molecule has 1 unspecified atom stereocenters. The predicted octanol–water partition coefficient (Wildman–Crippen LogP) is 1.45. The maximum Gasteiger partial charge on any atom is 0.135 e. The highest BCUT2D eigenvalue weighted by atomic mass is 16.5. The summed E-state index contributed by atoms with van der Waals surface area (Å²) >= 11 is 0. The first-order valence-electron chi connectivity index (χ1n) is 5.64. The summed E-state index contributed by atoms with van der Waals surface area (Å²) in [4.78, 5) is 0. The van der Waals surface area contributed by atoms with E-state index in [0.29, 0.717) is 23.7 Å². The van der Waals surface area contributed by atoms with Crippen LogP contribution in [0.25, 0.3) is 0 Å². The Morgan fingerprint density at radius 3 is 2.72 bits per heavy atom. The fourth-order valence-corrected chi connectivity index (χ4v) is 1.46. The Morgan fingerprint density at radius 2 is 2.11 bits per heavy atom. The van der Waals surface area contributed by atoms with Gasteiger partial charge in [-0.2, -0.15) is 0 Å². The van der Waals surface area contributed by atoms with Crippen LogP contribution in [0.5, 0.6) is 11.5 Å². The summed E-state index contributed by atoms with van der Waals surface area (Å²) in [5.74, 6) is 6.79. The van der Waals surface area contributed by atoms with Crippen molar-refractivity contribution in [1.29, 1.82) is 0 Å². The van der Waals surface area contributed by atoms with Crippen LogP contribution in [0.1, 0.15) is 12.5 Å². The minimum absolute atomic E-state index is 0.0712. The molecule has 1 atom stereocenters. The van der Waals surface area contributed by atoms with Gasteiger partial charge in [0.15, 0.2) is 0 Å². The summed E-state index contributed by atoms with van der Waals surface area (Å²) < 4.78 is 15.9. The van der Waals surface area contributed by atoms with E-state index < -0.39 is 0 Å². The number of methoxy groups -OCH3 is 2. The monoisotopic (exact) mass is 250 g/mol. The normalized spacial score (nSPS) is 11.3. The molecule has 18 heavy (non-hydrogen) atoms. The quantitative estimate of drug-likeness (QED) is 0.804. The third kappa shape index (κ3) is 4.28. The average Bonchev–Trinajstić information content (AvgIpc) is 2.37.